The Morgan fingerprint density at radius 3 is 2.81 bits per heavy atom. The molecule has 0 saturated heterocycles. The highest BCUT2D eigenvalue weighted by Crippen LogP contribution is 2.15. The zero-order valence-electron chi connectivity index (χ0n) is 11.5. The van der Waals surface area contributed by atoms with Crippen molar-refractivity contribution in [1.29, 1.82) is 0 Å². The molecular weight excluding hydrogens is 270 g/mol. The van der Waals surface area contributed by atoms with Crippen LogP contribution in [0.25, 0.3) is 6.08 Å². The molecule has 2 rings (SSSR count). The first-order chi connectivity index (χ1) is 10.1. The predicted octanol–water partition coefficient (Wildman–Crippen LogP) is 2.62. The zero-order chi connectivity index (χ0) is 15.2. The molecule has 0 aliphatic heterocycles. The smallest absolute Gasteiger partial charge is 0.328 e. The topological polar surface area (TPSA) is 79.5 Å². The minimum atomic E-state index is -1.02. The van der Waals surface area contributed by atoms with Gasteiger partial charge in [0.25, 0.3) is 5.91 Å². The number of nitrogens with one attached hydrogen (secondary N) is 1. The summed E-state index contributed by atoms with van der Waals surface area (Å²) in [5, 5.41) is 11.5. The first-order valence-electron chi connectivity index (χ1n) is 6.38. The number of benzene rings is 1. The molecule has 1 aromatic carbocycles. The van der Waals surface area contributed by atoms with Crippen LogP contribution >= 0.6 is 0 Å². The van der Waals surface area contributed by atoms with E-state index in [0.29, 0.717) is 17.7 Å². The van der Waals surface area contributed by atoms with E-state index < -0.39 is 5.97 Å². The largest absolute Gasteiger partial charge is 0.478 e. The van der Waals surface area contributed by atoms with E-state index in [0.717, 1.165) is 17.2 Å². The molecule has 108 valence electrons. The molecule has 0 aliphatic carbocycles. The number of furan rings is 1. The molecular formula is C16H15NO4. The third kappa shape index (κ3) is 3.82. The minimum absolute atomic E-state index is 0.209. The summed E-state index contributed by atoms with van der Waals surface area (Å²) in [4.78, 5) is 22.7. The number of rotatable bonds is 5. The van der Waals surface area contributed by atoms with Crippen molar-refractivity contribution in [3.63, 3.8) is 0 Å². The Labute approximate surface area is 121 Å². The quantitative estimate of drug-likeness (QED) is 0.828. The van der Waals surface area contributed by atoms with Crippen LogP contribution in [0.5, 0.6) is 0 Å². The van der Waals surface area contributed by atoms with Gasteiger partial charge in [-0.25, -0.2) is 4.79 Å². The van der Waals surface area contributed by atoms with Gasteiger partial charge in [0, 0.05) is 23.7 Å². The highest BCUT2D eigenvalue weighted by Gasteiger charge is 2.10. The maximum absolute atomic E-state index is 12.2. The van der Waals surface area contributed by atoms with E-state index >= 15 is 0 Å². The molecule has 5 nitrogen and oxygen atoms in total. The number of aliphatic carboxylic acids is 1. The van der Waals surface area contributed by atoms with Gasteiger partial charge in [0.1, 0.15) is 0 Å². The first-order valence-corrected chi connectivity index (χ1v) is 6.38. The third-order valence-electron chi connectivity index (χ3n) is 3.06. The third-order valence-corrected chi connectivity index (χ3v) is 3.06. The van der Waals surface area contributed by atoms with Crippen LogP contribution in [0.3, 0.4) is 0 Å². The lowest BCUT2D eigenvalue weighted by molar-refractivity contribution is -0.131. The van der Waals surface area contributed by atoms with Crippen LogP contribution < -0.4 is 5.32 Å². The summed E-state index contributed by atoms with van der Waals surface area (Å²) in [6.07, 6.45) is 5.64. The molecule has 0 spiro atoms. The van der Waals surface area contributed by atoms with Crippen LogP contribution in [0.4, 0.5) is 0 Å². The summed E-state index contributed by atoms with van der Waals surface area (Å²) in [5.41, 5.74) is 2.84. The molecule has 2 aromatic rings. The van der Waals surface area contributed by atoms with Crippen LogP contribution in [0.15, 0.2) is 47.3 Å². The Morgan fingerprint density at radius 2 is 2.14 bits per heavy atom. The number of hydrogen-bond acceptors (Lipinski definition) is 3. The maximum Gasteiger partial charge on any atom is 0.328 e. The van der Waals surface area contributed by atoms with Gasteiger partial charge in [-0.1, -0.05) is 12.1 Å². The van der Waals surface area contributed by atoms with Gasteiger partial charge in [-0.3, -0.25) is 4.79 Å². The summed E-state index contributed by atoms with van der Waals surface area (Å²) in [6.45, 7) is 2.16. The van der Waals surface area contributed by atoms with Crippen molar-refractivity contribution >= 4 is 18.0 Å². The van der Waals surface area contributed by atoms with E-state index in [2.05, 4.69) is 5.32 Å². The van der Waals surface area contributed by atoms with Gasteiger partial charge in [0.15, 0.2) is 0 Å². The highest BCUT2D eigenvalue weighted by molar-refractivity contribution is 5.97. The highest BCUT2D eigenvalue weighted by atomic mass is 16.4. The number of carbonyl (C=O) groups is 2. The van der Waals surface area contributed by atoms with Gasteiger partial charge in [0.05, 0.1) is 12.5 Å². The van der Waals surface area contributed by atoms with Crippen LogP contribution in [-0.2, 0) is 11.3 Å². The average molecular weight is 285 g/mol. The first kappa shape index (κ1) is 14.6. The van der Waals surface area contributed by atoms with Crippen molar-refractivity contribution < 1.29 is 19.1 Å². The van der Waals surface area contributed by atoms with E-state index in [1.165, 1.54) is 6.08 Å². The predicted molar refractivity (Wildman–Crippen MR) is 77.7 cm³/mol. The number of amides is 1. The molecule has 5 heteroatoms. The minimum Gasteiger partial charge on any atom is -0.478 e. The fraction of sp³-hybridized carbons (Fsp3) is 0.125. The SMILES string of the molecule is Cc1c(/C=C/C(=O)O)cccc1C(=O)NCc1ccoc1. The van der Waals surface area contributed by atoms with Crippen molar-refractivity contribution in [2.24, 2.45) is 0 Å². The summed E-state index contributed by atoms with van der Waals surface area (Å²) in [6, 6.07) is 6.97. The second kappa shape index (κ2) is 6.56. The lowest BCUT2D eigenvalue weighted by atomic mass is 10.0. The number of carboxylic acid groups (broad SMARTS) is 1. The van der Waals surface area contributed by atoms with Gasteiger partial charge in [-0.05, 0) is 36.3 Å². The number of hydrogen-bond donors (Lipinski definition) is 2. The molecule has 1 heterocycles. The molecule has 0 fully saturated rings. The molecule has 0 saturated carbocycles. The molecule has 1 amide bonds. The molecule has 0 bridgehead atoms. The Bertz CT molecular complexity index is 672. The van der Waals surface area contributed by atoms with Crippen LogP contribution in [0, 0.1) is 6.92 Å². The van der Waals surface area contributed by atoms with Crippen LogP contribution in [-0.4, -0.2) is 17.0 Å². The molecule has 0 radical (unpaired) electrons. The fourth-order valence-corrected chi connectivity index (χ4v) is 1.91. The van der Waals surface area contributed by atoms with Crippen molar-refractivity contribution in [1.82, 2.24) is 5.32 Å². The van der Waals surface area contributed by atoms with E-state index in [-0.39, 0.29) is 5.91 Å². The van der Waals surface area contributed by atoms with E-state index in [1.54, 1.807) is 43.7 Å². The van der Waals surface area contributed by atoms with Crippen molar-refractivity contribution in [2.75, 3.05) is 0 Å². The van der Waals surface area contributed by atoms with E-state index in [9.17, 15) is 9.59 Å². The summed E-state index contributed by atoms with van der Waals surface area (Å²) in [5.74, 6) is -1.23. The molecule has 0 atom stereocenters. The van der Waals surface area contributed by atoms with Gasteiger partial charge < -0.3 is 14.8 Å². The molecule has 21 heavy (non-hydrogen) atoms. The molecule has 1 aromatic heterocycles. The normalized spacial score (nSPS) is 10.7. The fourth-order valence-electron chi connectivity index (χ4n) is 1.91. The summed E-state index contributed by atoms with van der Waals surface area (Å²) < 4.78 is 4.93. The monoisotopic (exact) mass is 285 g/mol. The van der Waals surface area contributed by atoms with Crippen molar-refractivity contribution in [2.45, 2.75) is 13.5 Å². The van der Waals surface area contributed by atoms with Crippen LogP contribution in [0.2, 0.25) is 0 Å². The zero-order valence-corrected chi connectivity index (χ0v) is 11.5. The second-order valence-corrected chi connectivity index (χ2v) is 4.51. The van der Waals surface area contributed by atoms with Gasteiger partial charge in [-0.15, -0.1) is 0 Å². The molecule has 0 aliphatic rings. The van der Waals surface area contributed by atoms with E-state index in [4.69, 9.17) is 9.52 Å². The van der Waals surface area contributed by atoms with Crippen molar-refractivity contribution in [3.8, 4) is 0 Å². The van der Waals surface area contributed by atoms with Gasteiger partial charge in [0.2, 0.25) is 0 Å². The molecule has 2 N–H and O–H groups in total. The number of carbonyl (C=O) groups excluding carboxylic acids is 1. The van der Waals surface area contributed by atoms with Crippen LogP contribution in [0.1, 0.15) is 27.0 Å². The van der Waals surface area contributed by atoms with Crippen molar-refractivity contribution in [3.05, 3.63) is 65.1 Å². The lowest BCUT2D eigenvalue weighted by Gasteiger charge is -2.09. The maximum atomic E-state index is 12.2. The number of carboxylic acids is 1. The lowest BCUT2D eigenvalue weighted by Crippen LogP contribution is -2.23. The molecule has 0 unspecified atom stereocenters. The second-order valence-electron chi connectivity index (χ2n) is 4.51. The Morgan fingerprint density at radius 1 is 1.33 bits per heavy atom. The Kier molecular flexibility index (Phi) is 4.56. The van der Waals surface area contributed by atoms with E-state index in [1.807, 2.05) is 0 Å². The summed E-state index contributed by atoms with van der Waals surface area (Å²) >= 11 is 0. The van der Waals surface area contributed by atoms with Gasteiger partial charge >= 0.3 is 5.97 Å². The average Bonchev–Trinajstić information content (AvgIpc) is 2.97. The standard InChI is InChI=1S/C16H15NO4/c1-11-13(5-6-15(18)19)3-2-4-14(11)16(20)17-9-12-7-8-21-10-12/h2-8,10H,9H2,1H3,(H,17,20)(H,18,19)/b6-5+. The Balaban J connectivity index is 2.13. The Hall–Kier alpha value is -2.82. The van der Waals surface area contributed by atoms with Gasteiger partial charge in [-0.2, -0.15) is 0 Å². The summed E-state index contributed by atoms with van der Waals surface area (Å²) in [7, 11) is 0.